The molecule has 0 amide bonds. The summed E-state index contributed by atoms with van der Waals surface area (Å²) in [5, 5.41) is 3.06. The van der Waals surface area contributed by atoms with Crippen molar-refractivity contribution >= 4 is 5.95 Å². The minimum atomic E-state index is -0.340. The lowest BCUT2D eigenvalue weighted by molar-refractivity contribution is 0.615. The van der Waals surface area contributed by atoms with E-state index in [1.165, 1.54) is 10.9 Å². The molecule has 19 heavy (non-hydrogen) atoms. The molecular formula is C13H17N5O. The van der Waals surface area contributed by atoms with Gasteiger partial charge in [0.15, 0.2) is 0 Å². The third kappa shape index (κ3) is 3.87. The van der Waals surface area contributed by atoms with Crippen molar-refractivity contribution in [1.82, 2.24) is 19.5 Å². The third-order valence-electron chi connectivity index (χ3n) is 2.31. The highest BCUT2D eigenvalue weighted by Gasteiger charge is 2.12. The molecule has 0 aliphatic heterocycles. The summed E-state index contributed by atoms with van der Waals surface area (Å²) in [6.45, 7) is 6.32. The molecule has 0 fully saturated rings. The number of aromatic nitrogens is 4. The van der Waals surface area contributed by atoms with Crippen molar-refractivity contribution in [2.45, 2.75) is 32.9 Å². The minimum Gasteiger partial charge on any atom is -0.349 e. The van der Waals surface area contributed by atoms with E-state index in [1.54, 1.807) is 6.20 Å². The van der Waals surface area contributed by atoms with Gasteiger partial charge in [-0.1, -0.05) is 6.07 Å². The molecule has 0 unspecified atom stereocenters. The first-order valence-electron chi connectivity index (χ1n) is 6.06. The summed E-state index contributed by atoms with van der Waals surface area (Å²) in [6.07, 6.45) is 3.18. The number of nitrogens with zero attached hydrogens (tertiary/aromatic N) is 4. The minimum absolute atomic E-state index is 0.181. The average molecular weight is 259 g/mol. The fraction of sp³-hybridized carbons (Fsp3) is 0.385. The van der Waals surface area contributed by atoms with E-state index in [0.717, 1.165) is 5.69 Å². The van der Waals surface area contributed by atoms with Gasteiger partial charge in [-0.3, -0.25) is 9.55 Å². The number of anilines is 1. The summed E-state index contributed by atoms with van der Waals surface area (Å²) < 4.78 is 1.43. The lowest BCUT2D eigenvalue weighted by Crippen LogP contribution is -2.31. The van der Waals surface area contributed by atoms with Crippen molar-refractivity contribution in [3.8, 4) is 0 Å². The van der Waals surface area contributed by atoms with Crippen molar-refractivity contribution in [3.05, 3.63) is 46.9 Å². The molecule has 0 aliphatic rings. The quantitative estimate of drug-likeness (QED) is 0.899. The Morgan fingerprint density at radius 2 is 2.05 bits per heavy atom. The number of hydrogen-bond acceptors (Lipinski definition) is 5. The number of pyridine rings is 1. The molecule has 0 saturated heterocycles. The summed E-state index contributed by atoms with van der Waals surface area (Å²) in [5.41, 5.74) is 0.275. The fourth-order valence-corrected chi connectivity index (χ4v) is 1.53. The first kappa shape index (κ1) is 13.2. The predicted octanol–water partition coefficient (Wildman–Crippen LogP) is 1.29. The Morgan fingerprint density at radius 3 is 2.63 bits per heavy atom. The van der Waals surface area contributed by atoms with Crippen LogP contribution in [0.3, 0.4) is 0 Å². The van der Waals surface area contributed by atoms with E-state index in [9.17, 15) is 4.79 Å². The Labute approximate surface area is 111 Å². The standard InChI is InChI=1S/C13H17N5O/c1-13(2,3)17-11-15-9-18(12(19)16-11)8-10-6-4-5-7-14-10/h4-7,9H,8H2,1-3H3,(H,16,17,19). The Kier molecular flexibility index (Phi) is 3.59. The Bertz CT molecular complexity index is 600. The molecule has 2 aromatic rings. The maximum Gasteiger partial charge on any atom is 0.352 e. The van der Waals surface area contributed by atoms with Crippen LogP contribution in [0.5, 0.6) is 0 Å². The summed E-state index contributed by atoms with van der Waals surface area (Å²) in [5.74, 6) is 0.342. The van der Waals surface area contributed by atoms with Crippen molar-refractivity contribution in [1.29, 1.82) is 0 Å². The molecule has 2 rings (SSSR count). The Hall–Kier alpha value is -2.24. The van der Waals surface area contributed by atoms with Crippen molar-refractivity contribution < 1.29 is 0 Å². The molecule has 6 nitrogen and oxygen atoms in total. The third-order valence-corrected chi connectivity index (χ3v) is 2.31. The van der Waals surface area contributed by atoms with E-state index >= 15 is 0 Å². The van der Waals surface area contributed by atoms with Crippen LogP contribution in [0.1, 0.15) is 26.5 Å². The van der Waals surface area contributed by atoms with Crippen LogP contribution in [-0.4, -0.2) is 25.1 Å². The van der Waals surface area contributed by atoms with Gasteiger partial charge in [0.05, 0.1) is 12.2 Å². The van der Waals surface area contributed by atoms with Gasteiger partial charge in [-0.25, -0.2) is 9.78 Å². The lowest BCUT2D eigenvalue weighted by Gasteiger charge is -2.20. The summed E-state index contributed by atoms with van der Waals surface area (Å²) in [7, 11) is 0. The van der Waals surface area contributed by atoms with E-state index < -0.39 is 0 Å². The van der Waals surface area contributed by atoms with E-state index in [1.807, 2.05) is 39.0 Å². The molecule has 0 aliphatic carbocycles. The highest BCUT2D eigenvalue weighted by molar-refractivity contribution is 5.25. The first-order chi connectivity index (χ1) is 8.94. The topological polar surface area (TPSA) is 72.7 Å². The maximum atomic E-state index is 11.9. The van der Waals surface area contributed by atoms with Gasteiger partial charge in [0.2, 0.25) is 5.95 Å². The smallest absolute Gasteiger partial charge is 0.349 e. The second-order valence-corrected chi connectivity index (χ2v) is 5.29. The molecule has 0 spiro atoms. The molecule has 0 radical (unpaired) electrons. The molecule has 2 heterocycles. The van der Waals surface area contributed by atoms with E-state index in [0.29, 0.717) is 12.5 Å². The number of rotatable bonds is 3. The van der Waals surface area contributed by atoms with Crippen LogP contribution in [0.25, 0.3) is 0 Å². The van der Waals surface area contributed by atoms with Crippen LogP contribution in [0.2, 0.25) is 0 Å². The average Bonchev–Trinajstić information content (AvgIpc) is 2.32. The molecule has 100 valence electrons. The number of hydrogen-bond donors (Lipinski definition) is 1. The van der Waals surface area contributed by atoms with E-state index in [-0.39, 0.29) is 11.2 Å². The van der Waals surface area contributed by atoms with Crippen molar-refractivity contribution in [2.75, 3.05) is 5.32 Å². The molecule has 0 atom stereocenters. The second-order valence-electron chi connectivity index (χ2n) is 5.29. The lowest BCUT2D eigenvalue weighted by atomic mass is 10.1. The van der Waals surface area contributed by atoms with Gasteiger partial charge in [-0.05, 0) is 32.9 Å². The molecule has 6 heteroatoms. The van der Waals surface area contributed by atoms with Gasteiger partial charge < -0.3 is 5.32 Å². The zero-order chi connectivity index (χ0) is 13.9. The van der Waals surface area contributed by atoms with Crippen LogP contribution in [-0.2, 0) is 6.54 Å². The highest BCUT2D eigenvalue weighted by Crippen LogP contribution is 2.07. The van der Waals surface area contributed by atoms with Crippen LogP contribution in [0, 0.1) is 0 Å². The SMILES string of the molecule is CC(C)(C)Nc1ncn(Cc2ccccn2)c(=O)n1. The Morgan fingerprint density at radius 1 is 1.26 bits per heavy atom. The Balaban J connectivity index is 2.18. The monoisotopic (exact) mass is 259 g/mol. The van der Waals surface area contributed by atoms with Crippen LogP contribution in [0.4, 0.5) is 5.95 Å². The van der Waals surface area contributed by atoms with Crippen LogP contribution < -0.4 is 11.0 Å². The van der Waals surface area contributed by atoms with Crippen LogP contribution >= 0.6 is 0 Å². The zero-order valence-electron chi connectivity index (χ0n) is 11.3. The highest BCUT2D eigenvalue weighted by atomic mass is 16.1. The van der Waals surface area contributed by atoms with E-state index in [2.05, 4.69) is 20.3 Å². The van der Waals surface area contributed by atoms with Crippen molar-refractivity contribution in [2.24, 2.45) is 0 Å². The molecule has 1 N–H and O–H groups in total. The summed E-state index contributed by atoms with van der Waals surface area (Å²) in [4.78, 5) is 24.1. The van der Waals surface area contributed by atoms with Gasteiger partial charge in [0.1, 0.15) is 6.33 Å². The van der Waals surface area contributed by atoms with Gasteiger partial charge in [0.25, 0.3) is 0 Å². The van der Waals surface area contributed by atoms with Crippen LogP contribution in [0.15, 0.2) is 35.5 Å². The van der Waals surface area contributed by atoms with Gasteiger partial charge >= 0.3 is 5.69 Å². The molecule has 0 bridgehead atoms. The normalized spacial score (nSPS) is 11.3. The van der Waals surface area contributed by atoms with Gasteiger partial charge in [-0.2, -0.15) is 4.98 Å². The zero-order valence-corrected chi connectivity index (χ0v) is 11.3. The first-order valence-corrected chi connectivity index (χ1v) is 6.06. The summed E-state index contributed by atoms with van der Waals surface area (Å²) in [6, 6.07) is 5.57. The summed E-state index contributed by atoms with van der Waals surface area (Å²) >= 11 is 0. The van der Waals surface area contributed by atoms with Gasteiger partial charge in [0, 0.05) is 11.7 Å². The molecule has 0 saturated carbocycles. The van der Waals surface area contributed by atoms with Crippen molar-refractivity contribution in [3.63, 3.8) is 0 Å². The van der Waals surface area contributed by atoms with Gasteiger partial charge in [-0.15, -0.1) is 0 Å². The number of nitrogens with one attached hydrogen (secondary N) is 1. The predicted molar refractivity (Wildman–Crippen MR) is 73.0 cm³/mol. The molecule has 0 aromatic carbocycles. The van der Waals surface area contributed by atoms with E-state index in [4.69, 9.17) is 0 Å². The maximum absolute atomic E-state index is 11.9. The fourth-order valence-electron chi connectivity index (χ4n) is 1.53. The molecular weight excluding hydrogens is 242 g/mol. The largest absolute Gasteiger partial charge is 0.352 e. The second kappa shape index (κ2) is 5.17. The molecule has 2 aromatic heterocycles.